The Kier molecular flexibility index (Phi) is 5.87. The van der Waals surface area contributed by atoms with Crippen molar-refractivity contribution >= 4 is 0 Å². The molecule has 1 heterocycles. The fourth-order valence-electron chi connectivity index (χ4n) is 2.72. The molecule has 2 heteroatoms. The zero-order valence-corrected chi connectivity index (χ0v) is 12.5. The molecular formula is C17H28N2. The molecule has 1 N–H and O–H groups in total. The van der Waals surface area contributed by atoms with E-state index in [4.69, 9.17) is 0 Å². The molecule has 2 rings (SSSR count). The summed E-state index contributed by atoms with van der Waals surface area (Å²) in [6.45, 7) is 10.5. The van der Waals surface area contributed by atoms with Gasteiger partial charge >= 0.3 is 0 Å². The minimum Gasteiger partial charge on any atom is -0.316 e. The van der Waals surface area contributed by atoms with E-state index in [-0.39, 0.29) is 0 Å². The van der Waals surface area contributed by atoms with Gasteiger partial charge < -0.3 is 5.32 Å². The Morgan fingerprint density at radius 3 is 2.74 bits per heavy atom. The monoisotopic (exact) mass is 260 g/mol. The number of nitrogens with one attached hydrogen (secondary N) is 1. The molecule has 1 aliphatic rings. The molecule has 1 aliphatic heterocycles. The van der Waals surface area contributed by atoms with Crippen LogP contribution in [0, 0.1) is 5.92 Å². The number of hydrogen-bond acceptors (Lipinski definition) is 2. The molecule has 0 saturated heterocycles. The summed E-state index contributed by atoms with van der Waals surface area (Å²) in [6, 6.07) is 8.89. The summed E-state index contributed by atoms with van der Waals surface area (Å²) >= 11 is 0. The molecule has 0 aliphatic carbocycles. The van der Waals surface area contributed by atoms with Crippen LogP contribution >= 0.6 is 0 Å². The van der Waals surface area contributed by atoms with Gasteiger partial charge in [-0.15, -0.1) is 0 Å². The van der Waals surface area contributed by atoms with E-state index in [0.29, 0.717) is 0 Å². The largest absolute Gasteiger partial charge is 0.316 e. The van der Waals surface area contributed by atoms with Crippen LogP contribution in [0.1, 0.15) is 37.8 Å². The van der Waals surface area contributed by atoms with E-state index < -0.39 is 0 Å². The number of hydrogen-bond donors (Lipinski definition) is 1. The minimum absolute atomic E-state index is 0.763. The molecule has 0 aromatic heterocycles. The molecule has 19 heavy (non-hydrogen) atoms. The highest BCUT2D eigenvalue weighted by Gasteiger charge is 2.14. The molecule has 0 amide bonds. The van der Waals surface area contributed by atoms with Crippen molar-refractivity contribution in [3.63, 3.8) is 0 Å². The molecule has 0 fully saturated rings. The molecular weight excluding hydrogens is 232 g/mol. The number of fused-ring (bicyclic) bond motifs is 1. The van der Waals surface area contributed by atoms with Gasteiger partial charge in [0.25, 0.3) is 0 Å². The quantitative estimate of drug-likeness (QED) is 0.758. The lowest BCUT2D eigenvalue weighted by molar-refractivity contribution is 0.248. The van der Waals surface area contributed by atoms with E-state index in [0.717, 1.165) is 19.0 Å². The fourth-order valence-corrected chi connectivity index (χ4v) is 2.72. The van der Waals surface area contributed by atoms with Gasteiger partial charge in [-0.2, -0.15) is 0 Å². The lowest BCUT2D eigenvalue weighted by atomic mass is 10.00. The maximum Gasteiger partial charge on any atom is 0.0236 e. The second-order valence-electron chi connectivity index (χ2n) is 6.10. The van der Waals surface area contributed by atoms with Crippen LogP contribution in [0.4, 0.5) is 0 Å². The third-order valence-corrected chi connectivity index (χ3v) is 3.84. The second-order valence-corrected chi connectivity index (χ2v) is 6.10. The fraction of sp³-hybridized carbons (Fsp3) is 0.647. The number of rotatable bonds is 7. The summed E-state index contributed by atoms with van der Waals surface area (Å²) < 4.78 is 0. The van der Waals surface area contributed by atoms with Crippen molar-refractivity contribution in [3.05, 3.63) is 35.4 Å². The van der Waals surface area contributed by atoms with Crippen molar-refractivity contribution in [3.8, 4) is 0 Å². The average molecular weight is 260 g/mol. The second kappa shape index (κ2) is 7.66. The highest BCUT2D eigenvalue weighted by atomic mass is 15.1. The van der Waals surface area contributed by atoms with E-state index in [1.807, 2.05) is 0 Å². The van der Waals surface area contributed by atoms with E-state index in [9.17, 15) is 0 Å². The molecule has 1 aromatic rings. The van der Waals surface area contributed by atoms with Gasteiger partial charge in [-0.25, -0.2) is 0 Å². The van der Waals surface area contributed by atoms with Gasteiger partial charge in [0.15, 0.2) is 0 Å². The van der Waals surface area contributed by atoms with Gasteiger partial charge in [-0.05, 0) is 55.9 Å². The van der Waals surface area contributed by atoms with Crippen molar-refractivity contribution in [2.45, 2.75) is 39.7 Å². The van der Waals surface area contributed by atoms with E-state index in [1.165, 1.54) is 44.5 Å². The minimum atomic E-state index is 0.763. The van der Waals surface area contributed by atoms with Crippen LogP contribution in [0.2, 0.25) is 0 Å². The van der Waals surface area contributed by atoms with E-state index >= 15 is 0 Å². The van der Waals surface area contributed by atoms with E-state index in [1.54, 1.807) is 5.56 Å². The van der Waals surface area contributed by atoms with Gasteiger partial charge in [-0.1, -0.05) is 38.1 Å². The third-order valence-electron chi connectivity index (χ3n) is 3.84. The zero-order valence-electron chi connectivity index (χ0n) is 12.5. The number of benzene rings is 1. The predicted molar refractivity (Wildman–Crippen MR) is 82.4 cm³/mol. The summed E-state index contributed by atoms with van der Waals surface area (Å²) in [4.78, 5) is 2.60. The van der Waals surface area contributed by atoms with Crippen LogP contribution in [0.5, 0.6) is 0 Å². The molecule has 0 unspecified atom stereocenters. The predicted octanol–water partition coefficient (Wildman–Crippen LogP) is 3.07. The van der Waals surface area contributed by atoms with Gasteiger partial charge in [-0.3, -0.25) is 4.90 Å². The topological polar surface area (TPSA) is 15.3 Å². The SMILES string of the molecule is CC(C)CNCCCCN1CCc2ccccc2C1. The van der Waals surface area contributed by atoms with Crippen LogP contribution < -0.4 is 5.32 Å². The van der Waals surface area contributed by atoms with Gasteiger partial charge in [0.1, 0.15) is 0 Å². The third kappa shape index (κ3) is 4.96. The van der Waals surface area contributed by atoms with Crippen LogP contribution in [-0.4, -0.2) is 31.1 Å². The van der Waals surface area contributed by atoms with Crippen molar-refractivity contribution in [1.82, 2.24) is 10.2 Å². The molecule has 0 radical (unpaired) electrons. The number of nitrogens with zero attached hydrogens (tertiary/aromatic N) is 1. The Morgan fingerprint density at radius 2 is 1.95 bits per heavy atom. The smallest absolute Gasteiger partial charge is 0.0236 e. The van der Waals surface area contributed by atoms with Crippen LogP contribution in [0.25, 0.3) is 0 Å². The standard InChI is InChI=1S/C17H28N2/c1-15(2)13-18-10-5-6-11-19-12-9-16-7-3-4-8-17(16)14-19/h3-4,7-8,15,18H,5-6,9-14H2,1-2H3. The van der Waals surface area contributed by atoms with Crippen molar-refractivity contribution < 1.29 is 0 Å². The Labute approximate surface area is 118 Å². The molecule has 0 bridgehead atoms. The first-order valence-corrected chi connectivity index (χ1v) is 7.75. The Balaban J connectivity index is 1.61. The van der Waals surface area contributed by atoms with Crippen molar-refractivity contribution in [2.24, 2.45) is 5.92 Å². The van der Waals surface area contributed by atoms with Crippen LogP contribution in [-0.2, 0) is 13.0 Å². The highest BCUT2D eigenvalue weighted by Crippen LogP contribution is 2.18. The maximum absolute atomic E-state index is 3.52. The summed E-state index contributed by atoms with van der Waals surface area (Å²) in [6.07, 6.45) is 3.83. The summed E-state index contributed by atoms with van der Waals surface area (Å²) in [5.41, 5.74) is 3.09. The first kappa shape index (κ1) is 14.5. The summed E-state index contributed by atoms with van der Waals surface area (Å²) in [5, 5.41) is 3.52. The molecule has 0 atom stereocenters. The lowest BCUT2D eigenvalue weighted by Gasteiger charge is -2.28. The molecule has 1 aromatic carbocycles. The molecule has 0 spiro atoms. The van der Waals surface area contributed by atoms with Crippen LogP contribution in [0.15, 0.2) is 24.3 Å². The van der Waals surface area contributed by atoms with Crippen molar-refractivity contribution in [2.75, 3.05) is 26.2 Å². The maximum atomic E-state index is 3.52. The molecule has 0 saturated carbocycles. The normalized spacial score (nSPS) is 15.7. The first-order chi connectivity index (χ1) is 9.25. The molecule has 106 valence electrons. The van der Waals surface area contributed by atoms with E-state index in [2.05, 4.69) is 48.3 Å². The molecule has 2 nitrogen and oxygen atoms in total. The lowest BCUT2D eigenvalue weighted by Crippen LogP contribution is -2.31. The Hall–Kier alpha value is -0.860. The highest BCUT2D eigenvalue weighted by molar-refractivity contribution is 5.28. The zero-order chi connectivity index (χ0) is 13.5. The first-order valence-electron chi connectivity index (χ1n) is 7.75. The Morgan fingerprint density at radius 1 is 1.16 bits per heavy atom. The summed E-state index contributed by atoms with van der Waals surface area (Å²) in [7, 11) is 0. The average Bonchev–Trinajstić information content (AvgIpc) is 2.42. The van der Waals surface area contributed by atoms with Gasteiger partial charge in [0, 0.05) is 13.1 Å². The van der Waals surface area contributed by atoms with Gasteiger partial charge in [0.2, 0.25) is 0 Å². The van der Waals surface area contributed by atoms with Crippen molar-refractivity contribution in [1.29, 1.82) is 0 Å². The van der Waals surface area contributed by atoms with Gasteiger partial charge in [0.05, 0.1) is 0 Å². The van der Waals surface area contributed by atoms with Crippen LogP contribution in [0.3, 0.4) is 0 Å². The number of unbranched alkanes of at least 4 members (excludes halogenated alkanes) is 1. The Bertz CT molecular complexity index is 373. The summed E-state index contributed by atoms with van der Waals surface area (Å²) in [5.74, 6) is 0.763.